The first kappa shape index (κ1) is 19.6. The maximum absolute atomic E-state index is 12.8. The molecule has 1 aliphatic rings. The van der Waals surface area contributed by atoms with Crippen molar-refractivity contribution >= 4 is 24.2 Å². The molecule has 1 heterocycles. The van der Waals surface area contributed by atoms with E-state index < -0.39 is 5.51 Å². The summed E-state index contributed by atoms with van der Waals surface area (Å²) < 4.78 is 38.3. The molecular weight excluding hydrogens is 333 g/mol. The number of halogens is 4. The lowest BCUT2D eigenvalue weighted by Gasteiger charge is -2.36. The molecule has 0 amide bonds. The quantitative estimate of drug-likeness (QED) is 0.785. The van der Waals surface area contributed by atoms with Gasteiger partial charge in [0.2, 0.25) is 0 Å². The maximum atomic E-state index is 12.8. The first-order valence-corrected chi connectivity index (χ1v) is 8.12. The SMILES string of the molecule is CCC[C@H](c1ccccc1SC(F)(F)F)N1CCNCC1.Cl. The summed E-state index contributed by atoms with van der Waals surface area (Å²) in [5.74, 6) is 0. The van der Waals surface area contributed by atoms with Crippen LogP contribution in [0.15, 0.2) is 29.2 Å². The minimum absolute atomic E-state index is 0. The molecule has 1 aliphatic heterocycles. The molecule has 1 fully saturated rings. The first-order valence-electron chi connectivity index (χ1n) is 7.30. The second-order valence-corrected chi connectivity index (χ2v) is 6.28. The highest BCUT2D eigenvalue weighted by molar-refractivity contribution is 8.00. The van der Waals surface area contributed by atoms with E-state index in [1.165, 1.54) is 0 Å². The number of thioether (sulfide) groups is 1. The zero-order valence-corrected chi connectivity index (χ0v) is 14.2. The van der Waals surface area contributed by atoms with Gasteiger partial charge in [0.1, 0.15) is 0 Å². The molecule has 7 heteroatoms. The molecule has 0 saturated carbocycles. The van der Waals surface area contributed by atoms with Crippen LogP contribution in [-0.4, -0.2) is 36.6 Å². The van der Waals surface area contributed by atoms with Crippen molar-refractivity contribution < 1.29 is 13.2 Å². The van der Waals surface area contributed by atoms with Crippen LogP contribution in [0.4, 0.5) is 13.2 Å². The van der Waals surface area contributed by atoms with Crippen molar-refractivity contribution in [2.45, 2.75) is 36.2 Å². The molecule has 0 aliphatic carbocycles. The minimum atomic E-state index is -4.24. The third-order valence-electron chi connectivity index (χ3n) is 3.66. The van der Waals surface area contributed by atoms with Crippen LogP contribution in [0.3, 0.4) is 0 Å². The highest BCUT2D eigenvalue weighted by Crippen LogP contribution is 2.42. The predicted molar refractivity (Wildman–Crippen MR) is 87.7 cm³/mol. The zero-order chi connectivity index (χ0) is 15.3. The fourth-order valence-electron chi connectivity index (χ4n) is 2.78. The van der Waals surface area contributed by atoms with Crippen molar-refractivity contribution in [3.63, 3.8) is 0 Å². The van der Waals surface area contributed by atoms with Gasteiger partial charge < -0.3 is 5.32 Å². The Bertz CT molecular complexity index is 451. The van der Waals surface area contributed by atoms with Crippen LogP contribution < -0.4 is 5.32 Å². The number of nitrogens with one attached hydrogen (secondary N) is 1. The molecule has 2 nitrogen and oxygen atoms in total. The number of benzene rings is 1. The van der Waals surface area contributed by atoms with Gasteiger partial charge in [-0.05, 0) is 29.8 Å². The van der Waals surface area contributed by atoms with E-state index in [1.54, 1.807) is 12.1 Å². The van der Waals surface area contributed by atoms with Gasteiger partial charge in [0, 0.05) is 37.1 Å². The van der Waals surface area contributed by atoms with Gasteiger partial charge in [0.15, 0.2) is 0 Å². The van der Waals surface area contributed by atoms with Crippen LogP contribution in [-0.2, 0) is 0 Å². The van der Waals surface area contributed by atoms with Gasteiger partial charge in [-0.2, -0.15) is 13.2 Å². The number of hydrogen-bond acceptors (Lipinski definition) is 3. The van der Waals surface area contributed by atoms with Gasteiger partial charge in [0.25, 0.3) is 0 Å². The molecule has 126 valence electrons. The Kier molecular flexibility index (Phi) is 8.03. The monoisotopic (exact) mass is 354 g/mol. The summed E-state index contributed by atoms with van der Waals surface area (Å²) in [6, 6.07) is 7.01. The molecule has 1 aromatic rings. The Morgan fingerprint density at radius 3 is 2.45 bits per heavy atom. The minimum Gasteiger partial charge on any atom is -0.314 e. The highest BCUT2D eigenvalue weighted by atomic mass is 35.5. The van der Waals surface area contributed by atoms with Crippen LogP contribution in [0.1, 0.15) is 31.4 Å². The average molecular weight is 355 g/mol. The lowest BCUT2D eigenvalue weighted by Crippen LogP contribution is -2.45. The van der Waals surface area contributed by atoms with Gasteiger partial charge in [-0.25, -0.2) is 0 Å². The van der Waals surface area contributed by atoms with Crippen molar-refractivity contribution in [3.8, 4) is 0 Å². The lowest BCUT2D eigenvalue weighted by molar-refractivity contribution is -0.0328. The maximum Gasteiger partial charge on any atom is 0.446 e. The third kappa shape index (κ3) is 5.65. The summed E-state index contributed by atoms with van der Waals surface area (Å²) in [5.41, 5.74) is -3.43. The van der Waals surface area contributed by atoms with E-state index in [-0.39, 0.29) is 30.2 Å². The molecule has 1 aromatic carbocycles. The summed E-state index contributed by atoms with van der Waals surface area (Å²) in [5, 5.41) is 3.29. The molecule has 0 radical (unpaired) electrons. The Morgan fingerprint density at radius 2 is 1.86 bits per heavy atom. The van der Waals surface area contributed by atoms with Gasteiger partial charge in [-0.15, -0.1) is 12.4 Å². The standard InChI is InChI=1S/C15H21F3N2S.ClH/c1-2-5-13(20-10-8-19-9-11-20)12-6-3-4-7-14(12)21-15(16,17)18;/h3-4,6-7,13,19H,2,5,8-11H2,1H3;1H/t13-;/m1./s1. The van der Waals surface area contributed by atoms with E-state index in [1.807, 2.05) is 12.1 Å². The summed E-state index contributed by atoms with van der Waals surface area (Å²) in [6.07, 6.45) is 1.84. The molecule has 22 heavy (non-hydrogen) atoms. The van der Waals surface area contributed by atoms with E-state index >= 15 is 0 Å². The smallest absolute Gasteiger partial charge is 0.314 e. The van der Waals surface area contributed by atoms with Gasteiger partial charge in [-0.3, -0.25) is 4.90 Å². The van der Waals surface area contributed by atoms with Crippen molar-refractivity contribution in [1.82, 2.24) is 10.2 Å². The number of piperazine rings is 1. The normalized spacial score (nSPS) is 17.8. The number of alkyl halides is 3. The second kappa shape index (κ2) is 9.01. The van der Waals surface area contributed by atoms with Gasteiger partial charge >= 0.3 is 5.51 Å². The van der Waals surface area contributed by atoms with E-state index in [4.69, 9.17) is 0 Å². The summed E-state index contributed by atoms with van der Waals surface area (Å²) in [4.78, 5) is 2.64. The van der Waals surface area contributed by atoms with E-state index in [2.05, 4.69) is 17.1 Å². The van der Waals surface area contributed by atoms with Crippen molar-refractivity contribution in [3.05, 3.63) is 29.8 Å². The Hall–Kier alpha value is -0.430. The molecular formula is C15H22ClF3N2S. The van der Waals surface area contributed by atoms with E-state index in [0.717, 1.165) is 44.6 Å². The van der Waals surface area contributed by atoms with Crippen LogP contribution in [0.5, 0.6) is 0 Å². The molecule has 1 N–H and O–H groups in total. The third-order valence-corrected chi connectivity index (χ3v) is 4.48. The molecule has 0 aromatic heterocycles. The molecule has 1 saturated heterocycles. The lowest BCUT2D eigenvalue weighted by atomic mass is 10.00. The van der Waals surface area contributed by atoms with Crippen molar-refractivity contribution in [2.24, 2.45) is 0 Å². The topological polar surface area (TPSA) is 15.3 Å². The average Bonchev–Trinajstić information content (AvgIpc) is 2.45. The van der Waals surface area contributed by atoms with Crippen LogP contribution in [0, 0.1) is 0 Å². The summed E-state index contributed by atoms with van der Waals surface area (Å²) in [7, 11) is 0. The highest BCUT2D eigenvalue weighted by Gasteiger charge is 2.32. The van der Waals surface area contributed by atoms with Crippen molar-refractivity contribution in [2.75, 3.05) is 26.2 Å². The van der Waals surface area contributed by atoms with Crippen molar-refractivity contribution in [1.29, 1.82) is 0 Å². The summed E-state index contributed by atoms with van der Waals surface area (Å²) >= 11 is 0.00326. The van der Waals surface area contributed by atoms with Gasteiger partial charge in [0.05, 0.1) is 0 Å². The summed E-state index contributed by atoms with van der Waals surface area (Å²) in [6.45, 7) is 5.64. The molecule has 0 spiro atoms. The largest absolute Gasteiger partial charge is 0.446 e. The Labute approximate surface area is 140 Å². The Balaban J connectivity index is 0.00000242. The second-order valence-electron chi connectivity index (χ2n) is 5.18. The van der Waals surface area contributed by atoms with Gasteiger partial charge in [-0.1, -0.05) is 31.5 Å². The van der Waals surface area contributed by atoms with Crippen LogP contribution >= 0.6 is 24.2 Å². The molecule has 2 rings (SSSR count). The Morgan fingerprint density at radius 1 is 1.23 bits per heavy atom. The fraction of sp³-hybridized carbons (Fsp3) is 0.600. The molecule has 0 bridgehead atoms. The predicted octanol–water partition coefficient (Wildman–Crippen LogP) is 4.47. The number of rotatable bonds is 5. The zero-order valence-electron chi connectivity index (χ0n) is 12.5. The fourth-order valence-corrected chi connectivity index (χ4v) is 3.49. The number of hydrogen-bond donors (Lipinski definition) is 1. The van der Waals surface area contributed by atoms with E-state index in [9.17, 15) is 13.2 Å². The first-order chi connectivity index (χ1) is 10.0. The molecule has 0 unspecified atom stereocenters. The molecule has 1 atom stereocenters. The van der Waals surface area contributed by atoms with E-state index in [0.29, 0.717) is 4.90 Å². The van der Waals surface area contributed by atoms with Crippen LogP contribution in [0.2, 0.25) is 0 Å². The van der Waals surface area contributed by atoms with Crippen LogP contribution in [0.25, 0.3) is 0 Å². The number of nitrogens with zero attached hydrogens (tertiary/aromatic N) is 1.